The molecule has 1 unspecified atom stereocenters. The smallest absolute Gasteiger partial charge is 0.410 e. The lowest BCUT2D eigenvalue weighted by atomic mass is 10.2. The highest BCUT2D eigenvalue weighted by Gasteiger charge is 2.27. The van der Waals surface area contributed by atoms with E-state index >= 15 is 0 Å². The zero-order valence-corrected chi connectivity index (χ0v) is 10.5. The maximum atomic E-state index is 11.3. The Morgan fingerprint density at radius 1 is 1.18 bits per heavy atom. The number of carbonyl (C=O) groups excluding carboxylic acids is 3. The molecule has 0 aliphatic heterocycles. The number of alkyl carbamates (subject to hydrolysis) is 1. The van der Waals surface area contributed by atoms with Gasteiger partial charge >= 0.3 is 18.0 Å². The van der Waals surface area contributed by atoms with Gasteiger partial charge in [-0.3, -0.25) is 10.1 Å². The minimum Gasteiger partial charge on any atom is -0.465 e. The van der Waals surface area contributed by atoms with E-state index in [2.05, 4.69) is 14.8 Å². The summed E-state index contributed by atoms with van der Waals surface area (Å²) in [5.41, 5.74) is -0.721. The van der Waals surface area contributed by atoms with Gasteiger partial charge in [0.2, 0.25) is 0 Å². The molecule has 0 radical (unpaired) electrons. The first-order valence-corrected chi connectivity index (χ1v) is 4.90. The van der Waals surface area contributed by atoms with E-state index in [-0.39, 0.29) is 0 Å². The molecule has 7 nitrogen and oxygen atoms in total. The molecule has 0 rings (SSSR count). The molecule has 7 heteroatoms. The summed E-state index contributed by atoms with van der Waals surface area (Å²) in [5, 5.41) is 2.08. The average molecular weight is 247 g/mol. The lowest BCUT2D eigenvalue weighted by molar-refractivity contribution is -0.166. The number of nitrogens with one attached hydrogen (secondary N) is 1. The molecule has 0 saturated heterocycles. The quantitative estimate of drug-likeness (QED) is 0.445. The topological polar surface area (TPSA) is 90.9 Å². The van der Waals surface area contributed by atoms with Crippen LogP contribution in [0.5, 0.6) is 0 Å². The minimum absolute atomic E-state index is 0.721. The summed E-state index contributed by atoms with van der Waals surface area (Å²) < 4.78 is 13.8. The van der Waals surface area contributed by atoms with Crippen LogP contribution >= 0.6 is 0 Å². The van der Waals surface area contributed by atoms with Gasteiger partial charge in [0.05, 0.1) is 7.11 Å². The van der Waals surface area contributed by atoms with Crippen molar-refractivity contribution in [2.75, 3.05) is 7.11 Å². The highest BCUT2D eigenvalue weighted by Crippen LogP contribution is 2.07. The maximum Gasteiger partial charge on any atom is 0.410 e. The first kappa shape index (κ1) is 15.2. The molecular formula is C10H17NO6. The number of carbonyl (C=O) groups is 3. The molecule has 0 aromatic heterocycles. The minimum atomic E-state index is -1.51. The first-order valence-electron chi connectivity index (χ1n) is 4.90. The molecule has 17 heavy (non-hydrogen) atoms. The van der Waals surface area contributed by atoms with Gasteiger partial charge in [-0.1, -0.05) is 0 Å². The molecule has 0 aromatic carbocycles. The number of methoxy groups -OCH3 is 1. The van der Waals surface area contributed by atoms with Crippen molar-refractivity contribution in [3.8, 4) is 0 Å². The molecule has 0 spiro atoms. The van der Waals surface area contributed by atoms with E-state index in [4.69, 9.17) is 4.74 Å². The molecular weight excluding hydrogens is 230 g/mol. The molecule has 0 fully saturated rings. The summed E-state index contributed by atoms with van der Waals surface area (Å²) in [6.07, 6.45) is -2.39. The van der Waals surface area contributed by atoms with E-state index in [0.29, 0.717) is 0 Å². The summed E-state index contributed by atoms with van der Waals surface area (Å²) in [5.74, 6) is -1.62. The van der Waals surface area contributed by atoms with Gasteiger partial charge in [-0.15, -0.1) is 0 Å². The standard InChI is InChI=1S/C10H17NO6/c1-6(12)16-7(8(13)15-5)11-9(14)17-10(2,3)4/h7H,1-5H3,(H,11,14). The van der Waals surface area contributed by atoms with Crippen LogP contribution in [0.3, 0.4) is 0 Å². The number of amides is 1. The van der Waals surface area contributed by atoms with E-state index in [0.717, 1.165) is 14.0 Å². The second-order valence-corrected chi connectivity index (χ2v) is 4.16. The number of rotatable bonds is 3. The van der Waals surface area contributed by atoms with Gasteiger partial charge in [0.15, 0.2) is 0 Å². The molecule has 0 bridgehead atoms. The van der Waals surface area contributed by atoms with Crippen LogP contribution in [0.1, 0.15) is 27.7 Å². The largest absolute Gasteiger partial charge is 0.465 e. The zero-order valence-electron chi connectivity index (χ0n) is 10.5. The van der Waals surface area contributed by atoms with Crippen molar-refractivity contribution in [2.24, 2.45) is 0 Å². The van der Waals surface area contributed by atoms with Gasteiger partial charge < -0.3 is 14.2 Å². The SMILES string of the molecule is COC(=O)C(NC(=O)OC(C)(C)C)OC(C)=O. The summed E-state index contributed by atoms with van der Waals surface area (Å²) in [7, 11) is 1.11. The van der Waals surface area contributed by atoms with Crippen molar-refractivity contribution in [2.45, 2.75) is 39.5 Å². The third kappa shape index (κ3) is 7.15. The van der Waals surface area contributed by atoms with E-state index in [1.165, 1.54) is 0 Å². The number of esters is 2. The Kier molecular flexibility index (Phi) is 5.43. The second kappa shape index (κ2) is 6.07. The number of ether oxygens (including phenoxy) is 3. The molecule has 1 amide bonds. The van der Waals surface area contributed by atoms with E-state index in [1.807, 2.05) is 0 Å². The maximum absolute atomic E-state index is 11.3. The predicted molar refractivity (Wildman–Crippen MR) is 56.9 cm³/mol. The molecule has 0 saturated carbocycles. The van der Waals surface area contributed by atoms with Crippen molar-refractivity contribution in [1.29, 1.82) is 0 Å². The average Bonchev–Trinajstić information content (AvgIpc) is 2.11. The summed E-state index contributed by atoms with van der Waals surface area (Å²) in [6, 6.07) is 0. The monoisotopic (exact) mass is 247 g/mol. The van der Waals surface area contributed by atoms with Crippen molar-refractivity contribution in [3.63, 3.8) is 0 Å². The lowest BCUT2D eigenvalue weighted by Crippen LogP contribution is -2.46. The molecule has 1 atom stereocenters. The molecule has 1 N–H and O–H groups in total. The van der Waals surface area contributed by atoms with Gasteiger partial charge in [-0.25, -0.2) is 9.59 Å². The fraction of sp³-hybridized carbons (Fsp3) is 0.700. The Morgan fingerprint density at radius 3 is 2.06 bits per heavy atom. The highest BCUT2D eigenvalue weighted by molar-refractivity contribution is 5.82. The van der Waals surface area contributed by atoms with Crippen LogP contribution in [0.2, 0.25) is 0 Å². The molecule has 98 valence electrons. The molecule has 0 heterocycles. The van der Waals surface area contributed by atoms with Crippen LogP contribution in [0.15, 0.2) is 0 Å². The molecule has 0 aliphatic rings. The van der Waals surface area contributed by atoms with Crippen LogP contribution < -0.4 is 5.32 Å². The number of hydrogen-bond donors (Lipinski definition) is 1. The fourth-order valence-corrected chi connectivity index (χ4v) is 0.824. The van der Waals surface area contributed by atoms with Gasteiger partial charge in [-0.05, 0) is 20.8 Å². The van der Waals surface area contributed by atoms with Gasteiger partial charge in [0, 0.05) is 6.92 Å². The highest BCUT2D eigenvalue weighted by atomic mass is 16.6. The Morgan fingerprint density at radius 2 is 1.71 bits per heavy atom. The summed E-state index contributed by atoms with van der Waals surface area (Å²) in [6.45, 7) is 6.08. The first-order chi connectivity index (χ1) is 7.65. The van der Waals surface area contributed by atoms with Crippen molar-refractivity contribution in [1.82, 2.24) is 5.32 Å². The van der Waals surface area contributed by atoms with Crippen molar-refractivity contribution >= 4 is 18.0 Å². The second-order valence-electron chi connectivity index (χ2n) is 4.16. The predicted octanol–water partition coefficient (Wildman–Crippen LogP) is 0.573. The fourth-order valence-electron chi connectivity index (χ4n) is 0.824. The van der Waals surface area contributed by atoms with Crippen LogP contribution in [0.25, 0.3) is 0 Å². The van der Waals surface area contributed by atoms with Gasteiger partial charge in [0.1, 0.15) is 5.60 Å². The zero-order chi connectivity index (χ0) is 13.6. The van der Waals surface area contributed by atoms with Crippen LogP contribution in [0.4, 0.5) is 4.79 Å². The van der Waals surface area contributed by atoms with E-state index in [1.54, 1.807) is 20.8 Å². The normalized spacial score (nSPS) is 12.3. The molecule has 0 aliphatic carbocycles. The summed E-state index contributed by atoms with van der Waals surface area (Å²) >= 11 is 0. The van der Waals surface area contributed by atoms with Crippen LogP contribution in [0, 0.1) is 0 Å². The Hall–Kier alpha value is -1.79. The third-order valence-corrected chi connectivity index (χ3v) is 1.35. The van der Waals surface area contributed by atoms with Gasteiger partial charge in [0.25, 0.3) is 6.23 Å². The van der Waals surface area contributed by atoms with E-state index < -0.39 is 29.9 Å². The Labute approximate surface area is 99.4 Å². The van der Waals surface area contributed by atoms with Gasteiger partial charge in [-0.2, -0.15) is 0 Å². The third-order valence-electron chi connectivity index (χ3n) is 1.35. The van der Waals surface area contributed by atoms with Crippen LogP contribution in [-0.4, -0.2) is 37.0 Å². The van der Waals surface area contributed by atoms with E-state index in [9.17, 15) is 14.4 Å². The van der Waals surface area contributed by atoms with Crippen molar-refractivity contribution in [3.05, 3.63) is 0 Å². The van der Waals surface area contributed by atoms with Crippen LogP contribution in [-0.2, 0) is 23.8 Å². The molecule has 0 aromatic rings. The Balaban J connectivity index is 4.48. The van der Waals surface area contributed by atoms with Crippen molar-refractivity contribution < 1.29 is 28.6 Å². The Bertz CT molecular complexity index is 306. The number of hydrogen-bond acceptors (Lipinski definition) is 6. The summed E-state index contributed by atoms with van der Waals surface area (Å²) in [4.78, 5) is 33.2. The lowest BCUT2D eigenvalue weighted by Gasteiger charge is -2.22.